The molecular formula is C30H30N6O5. The molecule has 3 aromatic carbocycles. The number of aromatic nitrogens is 6. The van der Waals surface area contributed by atoms with Crippen LogP contribution in [0.4, 0.5) is 0 Å². The van der Waals surface area contributed by atoms with Crippen LogP contribution in [0, 0.1) is 5.41 Å². The van der Waals surface area contributed by atoms with Gasteiger partial charge in [-0.2, -0.15) is 4.98 Å². The summed E-state index contributed by atoms with van der Waals surface area (Å²) in [5.74, 6) is -0.306. The lowest BCUT2D eigenvalue weighted by Crippen LogP contribution is -2.22. The predicted molar refractivity (Wildman–Crippen MR) is 151 cm³/mol. The van der Waals surface area contributed by atoms with Gasteiger partial charge >= 0.3 is 17.9 Å². The minimum atomic E-state index is -0.661. The van der Waals surface area contributed by atoms with Crippen molar-refractivity contribution in [3.05, 3.63) is 71.8 Å². The molecule has 41 heavy (non-hydrogen) atoms. The predicted octanol–water partition coefficient (Wildman–Crippen LogP) is 5.15. The number of tetrazole rings is 1. The Morgan fingerprint density at radius 2 is 1.71 bits per heavy atom. The summed E-state index contributed by atoms with van der Waals surface area (Å²) in [4.78, 5) is 30.1. The maximum Gasteiger partial charge on any atom is 0.340 e. The molecule has 0 aliphatic heterocycles. The number of carbonyl (C=O) groups excluding carboxylic acids is 2. The zero-order chi connectivity index (χ0) is 29.1. The SMILES string of the molecule is CCOc1nc2c(COC(=O)C(C)(C)C)ccc(C(=O)OC)c2n1-c1ccc(-c2ccccc2-c2nnn[nH]2)cc1. The van der Waals surface area contributed by atoms with Gasteiger partial charge in [0.2, 0.25) is 0 Å². The summed E-state index contributed by atoms with van der Waals surface area (Å²) >= 11 is 0. The number of ether oxygens (including phenoxy) is 3. The van der Waals surface area contributed by atoms with E-state index in [9.17, 15) is 9.59 Å². The molecule has 11 nitrogen and oxygen atoms in total. The van der Waals surface area contributed by atoms with Crippen LogP contribution in [0.1, 0.15) is 43.6 Å². The van der Waals surface area contributed by atoms with Crippen molar-refractivity contribution >= 4 is 23.0 Å². The number of methoxy groups -OCH3 is 1. The monoisotopic (exact) mass is 554 g/mol. The Morgan fingerprint density at radius 3 is 2.34 bits per heavy atom. The number of nitrogens with one attached hydrogen (secondary N) is 1. The Morgan fingerprint density at radius 1 is 0.976 bits per heavy atom. The molecule has 1 N–H and O–H groups in total. The Bertz CT molecular complexity index is 1700. The van der Waals surface area contributed by atoms with Crippen molar-refractivity contribution in [2.24, 2.45) is 5.41 Å². The fourth-order valence-corrected chi connectivity index (χ4v) is 4.43. The molecule has 0 unspecified atom stereocenters. The molecule has 0 aliphatic carbocycles. The smallest absolute Gasteiger partial charge is 0.340 e. The normalized spacial score (nSPS) is 11.4. The number of nitrogens with zero attached hydrogens (tertiary/aromatic N) is 5. The van der Waals surface area contributed by atoms with Crippen LogP contribution in [-0.4, -0.2) is 55.8 Å². The van der Waals surface area contributed by atoms with Gasteiger partial charge in [-0.3, -0.25) is 9.36 Å². The fourth-order valence-electron chi connectivity index (χ4n) is 4.43. The van der Waals surface area contributed by atoms with E-state index in [1.807, 2.05) is 55.5 Å². The van der Waals surface area contributed by atoms with Gasteiger partial charge < -0.3 is 14.2 Å². The van der Waals surface area contributed by atoms with Crippen LogP contribution in [0.2, 0.25) is 0 Å². The fraction of sp³-hybridized carbons (Fsp3) is 0.267. The van der Waals surface area contributed by atoms with Crippen molar-refractivity contribution in [3.63, 3.8) is 0 Å². The van der Waals surface area contributed by atoms with Crippen LogP contribution >= 0.6 is 0 Å². The molecule has 210 valence electrons. The van der Waals surface area contributed by atoms with Crippen molar-refractivity contribution in [2.75, 3.05) is 13.7 Å². The molecule has 0 bridgehead atoms. The summed E-state index contributed by atoms with van der Waals surface area (Å²) in [5, 5.41) is 14.3. The molecule has 0 amide bonds. The number of rotatable bonds is 8. The minimum absolute atomic E-state index is 0.0111. The molecule has 2 heterocycles. The van der Waals surface area contributed by atoms with Crippen LogP contribution in [0.3, 0.4) is 0 Å². The van der Waals surface area contributed by atoms with Crippen LogP contribution in [0.25, 0.3) is 39.2 Å². The first-order chi connectivity index (χ1) is 19.7. The average molecular weight is 555 g/mol. The molecular weight excluding hydrogens is 524 g/mol. The first kappa shape index (κ1) is 27.5. The number of imidazole rings is 1. The van der Waals surface area contributed by atoms with Crippen molar-refractivity contribution in [3.8, 4) is 34.2 Å². The van der Waals surface area contributed by atoms with Crippen molar-refractivity contribution in [1.29, 1.82) is 0 Å². The quantitative estimate of drug-likeness (QED) is 0.259. The molecule has 0 fully saturated rings. The van der Waals surface area contributed by atoms with Crippen molar-refractivity contribution < 1.29 is 23.8 Å². The van der Waals surface area contributed by atoms with Gasteiger partial charge in [-0.05, 0) is 67.4 Å². The molecule has 5 rings (SSSR count). The number of hydrogen-bond acceptors (Lipinski definition) is 9. The molecule has 0 saturated carbocycles. The van der Waals surface area contributed by atoms with Gasteiger partial charge in [0, 0.05) is 11.1 Å². The zero-order valence-corrected chi connectivity index (χ0v) is 23.5. The van der Waals surface area contributed by atoms with E-state index in [1.54, 1.807) is 37.5 Å². The standard InChI is InChI=1S/C30H30N6O5/c1-6-40-29-31-24-19(17-41-28(38)30(2,3)4)13-16-23(27(37)39-5)25(24)36(29)20-14-11-18(12-15-20)21-9-7-8-10-22(21)26-32-34-35-33-26/h7-16H,6,17H2,1-5H3,(H,32,33,34,35). The molecule has 0 atom stereocenters. The van der Waals surface area contributed by atoms with Crippen LogP contribution in [0.5, 0.6) is 6.01 Å². The number of aromatic amines is 1. The van der Waals surface area contributed by atoms with Crippen molar-refractivity contribution in [1.82, 2.24) is 30.2 Å². The highest BCUT2D eigenvalue weighted by atomic mass is 16.5. The second-order valence-electron chi connectivity index (χ2n) is 10.3. The number of esters is 2. The highest BCUT2D eigenvalue weighted by Crippen LogP contribution is 2.35. The molecule has 2 aromatic heterocycles. The summed E-state index contributed by atoms with van der Waals surface area (Å²) in [6.07, 6.45) is 0. The van der Waals surface area contributed by atoms with Gasteiger partial charge in [-0.1, -0.05) is 42.5 Å². The van der Waals surface area contributed by atoms with Gasteiger partial charge in [0.25, 0.3) is 0 Å². The first-order valence-corrected chi connectivity index (χ1v) is 13.1. The molecule has 0 radical (unpaired) electrons. The highest BCUT2D eigenvalue weighted by Gasteiger charge is 2.26. The summed E-state index contributed by atoms with van der Waals surface area (Å²) < 4.78 is 18.4. The summed E-state index contributed by atoms with van der Waals surface area (Å²) in [7, 11) is 1.33. The number of H-pyrrole nitrogens is 1. The minimum Gasteiger partial charge on any atom is -0.465 e. The van der Waals surface area contributed by atoms with E-state index in [0.29, 0.717) is 46.3 Å². The molecule has 5 aromatic rings. The van der Waals surface area contributed by atoms with Gasteiger partial charge in [0.1, 0.15) is 12.1 Å². The van der Waals surface area contributed by atoms with Gasteiger partial charge in [-0.15, -0.1) is 5.10 Å². The second kappa shape index (κ2) is 11.2. The van der Waals surface area contributed by atoms with Crippen LogP contribution < -0.4 is 4.74 Å². The third-order valence-electron chi connectivity index (χ3n) is 6.47. The average Bonchev–Trinajstić information content (AvgIpc) is 3.64. The molecule has 0 spiro atoms. The molecule has 0 aliphatic rings. The Kier molecular flexibility index (Phi) is 7.52. The number of benzene rings is 3. The zero-order valence-electron chi connectivity index (χ0n) is 23.5. The van der Waals surface area contributed by atoms with Gasteiger partial charge in [-0.25, -0.2) is 9.89 Å². The number of carbonyl (C=O) groups is 2. The second-order valence-corrected chi connectivity index (χ2v) is 10.3. The lowest BCUT2D eigenvalue weighted by atomic mass is 9.97. The van der Waals surface area contributed by atoms with E-state index in [4.69, 9.17) is 19.2 Å². The summed E-state index contributed by atoms with van der Waals surface area (Å²) in [5.41, 5.74) is 4.70. The Hall–Kier alpha value is -5.06. The lowest BCUT2D eigenvalue weighted by Gasteiger charge is -2.17. The summed E-state index contributed by atoms with van der Waals surface area (Å²) in [6.45, 7) is 7.56. The van der Waals surface area contributed by atoms with Crippen LogP contribution in [0.15, 0.2) is 60.7 Å². The van der Waals surface area contributed by atoms with Crippen LogP contribution in [-0.2, 0) is 20.9 Å². The summed E-state index contributed by atoms with van der Waals surface area (Å²) in [6, 6.07) is 19.2. The third kappa shape index (κ3) is 5.38. The Balaban J connectivity index is 1.63. The number of hydrogen-bond donors (Lipinski definition) is 1. The highest BCUT2D eigenvalue weighted by molar-refractivity contribution is 6.04. The maximum absolute atomic E-state index is 12.9. The van der Waals surface area contributed by atoms with Crippen molar-refractivity contribution in [2.45, 2.75) is 34.3 Å². The number of fused-ring (bicyclic) bond motifs is 1. The Labute approximate surface area is 236 Å². The van der Waals surface area contributed by atoms with Gasteiger partial charge in [0.15, 0.2) is 5.82 Å². The van der Waals surface area contributed by atoms with E-state index in [-0.39, 0.29) is 12.6 Å². The topological polar surface area (TPSA) is 134 Å². The lowest BCUT2D eigenvalue weighted by molar-refractivity contribution is -0.154. The molecule has 11 heteroatoms. The largest absolute Gasteiger partial charge is 0.465 e. The van der Waals surface area contributed by atoms with Gasteiger partial charge in [0.05, 0.1) is 35.9 Å². The first-order valence-electron chi connectivity index (χ1n) is 13.1. The molecule has 0 saturated heterocycles. The maximum atomic E-state index is 12.9. The van der Waals surface area contributed by atoms with E-state index in [0.717, 1.165) is 16.7 Å². The van der Waals surface area contributed by atoms with E-state index < -0.39 is 11.4 Å². The van der Waals surface area contributed by atoms with E-state index in [1.165, 1.54) is 7.11 Å². The van der Waals surface area contributed by atoms with E-state index in [2.05, 4.69) is 20.6 Å². The third-order valence-corrected chi connectivity index (χ3v) is 6.47. The van der Waals surface area contributed by atoms with E-state index >= 15 is 0 Å².